The van der Waals surface area contributed by atoms with E-state index >= 15 is 0 Å². The van der Waals surface area contributed by atoms with Crippen LogP contribution in [0.1, 0.15) is 17.1 Å². The average Bonchev–Trinajstić information content (AvgIpc) is 2.75. The van der Waals surface area contributed by atoms with E-state index < -0.39 is 11.8 Å². The van der Waals surface area contributed by atoms with E-state index in [1.54, 1.807) is 16.2 Å². The van der Waals surface area contributed by atoms with Gasteiger partial charge in [0, 0.05) is 11.8 Å². The Morgan fingerprint density at radius 2 is 1.95 bits per heavy atom. The topological polar surface area (TPSA) is 102 Å². The summed E-state index contributed by atoms with van der Waals surface area (Å²) in [6.07, 6.45) is 1.55. The van der Waals surface area contributed by atoms with Gasteiger partial charge in [-0.1, -0.05) is 0 Å². The molecule has 0 aliphatic carbocycles. The molecule has 6 nitrogen and oxygen atoms in total. The zero-order valence-electron chi connectivity index (χ0n) is 10.5. The molecule has 0 spiro atoms. The van der Waals surface area contributed by atoms with Gasteiger partial charge in [-0.05, 0) is 13.0 Å². The molecular weight excluding hydrogens is 288 g/mol. The fraction of sp³-hybridized carbons (Fsp3) is 0.545. The molecule has 0 aromatic carbocycles. The second kappa shape index (κ2) is 8.08. The molecule has 0 radical (unpaired) electrons. The number of carbonyl (C=O) groups excluding carboxylic acids is 2. The lowest BCUT2D eigenvalue weighted by molar-refractivity contribution is -0.121. The summed E-state index contributed by atoms with van der Waals surface area (Å²) in [7, 11) is 0. The molecule has 1 aromatic rings. The number of nitrogens with two attached hydrogens (primary N) is 2. The number of alkyl halides is 1. The van der Waals surface area contributed by atoms with E-state index in [1.807, 2.05) is 5.38 Å². The lowest BCUT2D eigenvalue weighted by Crippen LogP contribution is -2.40. The van der Waals surface area contributed by atoms with E-state index in [-0.39, 0.29) is 13.1 Å². The molecule has 0 fully saturated rings. The third-order valence-electron chi connectivity index (χ3n) is 2.36. The van der Waals surface area contributed by atoms with Crippen LogP contribution in [0.25, 0.3) is 0 Å². The third kappa shape index (κ3) is 6.51. The van der Waals surface area contributed by atoms with E-state index in [2.05, 4.69) is 4.98 Å². The van der Waals surface area contributed by atoms with Crippen LogP contribution in [0.15, 0.2) is 5.38 Å². The van der Waals surface area contributed by atoms with E-state index in [4.69, 9.17) is 23.1 Å². The van der Waals surface area contributed by atoms with Crippen molar-refractivity contribution in [2.24, 2.45) is 11.5 Å². The van der Waals surface area contributed by atoms with Gasteiger partial charge in [0.1, 0.15) is 0 Å². The highest BCUT2D eigenvalue weighted by Crippen LogP contribution is 2.13. The Hall–Kier alpha value is -1.18. The van der Waals surface area contributed by atoms with Crippen molar-refractivity contribution in [3.05, 3.63) is 16.1 Å². The molecule has 0 aliphatic rings. The number of aryl methyl sites for hydroxylation is 1. The molecule has 0 bridgehead atoms. The van der Waals surface area contributed by atoms with Crippen LogP contribution in [0.4, 0.5) is 0 Å². The van der Waals surface area contributed by atoms with Crippen LogP contribution in [-0.2, 0) is 21.9 Å². The number of hydrogen-bond donors (Lipinski definition) is 2. The van der Waals surface area contributed by atoms with Gasteiger partial charge in [-0.15, -0.1) is 22.9 Å². The summed E-state index contributed by atoms with van der Waals surface area (Å²) in [6, 6.07) is 0. The summed E-state index contributed by atoms with van der Waals surface area (Å²) in [4.78, 5) is 27.7. The Bertz CT molecular complexity index is 422. The SMILES string of the molecule is NC(=O)CN(CCCc1nc(CCl)cs1)CC(N)=O. The van der Waals surface area contributed by atoms with Crippen molar-refractivity contribution >= 4 is 34.8 Å². The number of rotatable bonds is 9. The number of hydrogen-bond acceptors (Lipinski definition) is 5. The van der Waals surface area contributed by atoms with E-state index in [9.17, 15) is 9.59 Å². The van der Waals surface area contributed by atoms with Gasteiger partial charge >= 0.3 is 0 Å². The summed E-state index contributed by atoms with van der Waals surface area (Å²) in [6.45, 7) is 0.642. The van der Waals surface area contributed by atoms with E-state index in [0.717, 1.165) is 23.5 Å². The molecule has 0 atom stereocenters. The monoisotopic (exact) mass is 304 g/mol. The van der Waals surface area contributed by atoms with Crippen LogP contribution in [0.3, 0.4) is 0 Å². The number of nitrogens with zero attached hydrogens (tertiary/aromatic N) is 2. The van der Waals surface area contributed by atoms with Gasteiger partial charge in [-0.25, -0.2) is 4.98 Å². The van der Waals surface area contributed by atoms with Crippen molar-refractivity contribution in [2.75, 3.05) is 19.6 Å². The summed E-state index contributed by atoms with van der Waals surface area (Å²) in [5.74, 6) is -0.536. The highest BCUT2D eigenvalue weighted by atomic mass is 35.5. The zero-order valence-corrected chi connectivity index (χ0v) is 12.0. The molecule has 0 aliphatic heterocycles. The van der Waals surface area contributed by atoms with Crippen molar-refractivity contribution in [1.29, 1.82) is 0 Å². The Kier molecular flexibility index (Phi) is 6.75. The Morgan fingerprint density at radius 1 is 1.32 bits per heavy atom. The van der Waals surface area contributed by atoms with Gasteiger partial charge in [-0.2, -0.15) is 0 Å². The van der Waals surface area contributed by atoms with E-state index in [1.165, 1.54) is 0 Å². The van der Waals surface area contributed by atoms with Crippen LogP contribution in [-0.4, -0.2) is 41.3 Å². The molecule has 1 aromatic heterocycles. The number of thiazole rings is 1. The van der Waals surface area contributed by atoms with Crippen molar-refractivity contribution in [1.82, 2.24) is 9.88 Å². The Balaban J connectivity index is 2.38. The standard InChI is InChI=1S/C11H17ClN4O2S/c12-4-8-7-19-11(15-8)2-1-3-16(5-9(13)17)6-10(14)18/h7H,1-6H2,(H2,13,17)(H2,14,18). The van der Waals surface area contributed by atoms with Crippen LogP contribution in [0.2, 0.25) is 0 Å². The van der Waals surface area contributed by atoms with E-state index in [0.29, 0.717) is 12.4 Å². The van der Waals surface area contributed by atoms with Crippen molar-refractivity contribution in [3.8, 4) is 0 Å². The average molecular weight is 305 g/mol. The molecule has 1 rings (SSSR count). The largest absolute Gasteiger partial charge is 0.369 e. The molecule has 1 heterocycles. The summed E-state index contributed by atoms with van der Waals surface area (Å²) in [5.41, 5.74) is 11.1. The third-order valence-corrected chi connectivity index (χ3v) is 3.59. The minimum absolute atomic E-state index is 0.0355. The first-order valence-corrected chi connectivity index (χ1v) is 7.21. The van der Waals surface area contributed by atoms with Crippen LogP contribution in [0, 0.1) is 0 Å². The second-order valence-electron chi connectivity index (χ2n) is 4.11. The summed E-state index contributed by atoms with van der Waals surface area (Å²) >= 11 is 7.23. The van der Waals surface area contributed by atoms with Crippen LogP contribution >= 0.6 is 22.9 Å². The maximum atomic E-state index is 10.9. The van der Waals surface area contributed by atoms with Gasteiger partial charge in [0.2, 0.25) is 11.8 Å². The fourth-order valence-corrected chi connectivity index (χ4v) is 2.70. The van der Waals surface area contributed by atoms with Gasteiger partial charge in [0.25, 0.3) is 0 Å². The summed E-state index contributed by atoms with van der Waals surface area (Å²) < 4.78 is 0. The second-order valence-corrected chi connectivity index (χ2v) is 5.32. The predicted octanol–water partition coefficient (Wildman–Crippen LogP) is 0.0871. The number of amides is 2. The molecule has 0 saturated carbocycles. The zero-order chi connectivity index (χ0) is 14.3. The first-order chi connectivity index (χ1) is 9.01. The molecule has 2 amide bonds. The van der Waals surface area contributed by atoms with Gasteiger partial charge in [0.15, 0.2) is 0 Å². The lowest BCUT2D eigenvalue weighted by atomic mass is 10.3. The first-order valence-electron chi connectivity index (χ1n) is 5.79. The van der Waals surface area contributed by atoms with Crippen molar-refractivity contribution < 1.29 is 9.59 Å². The molecule has 8 heteroatoms. The van der Waals surface area contributed by atoms with Gasteiger partial charge < -0.3 is 11.5 Å². The fourth-order valence-electron chi connectivity index (χ4n) is 1.63. The van der Waals surface area contributed by atoms with Crippen molar-refractivity contribution in [2.45, 2.75) is 18.7 Å². The van der Waals surface area contributed by atoms with Crippen LogP contribution < -0.4 is 11.5 Å². The minimum atomic E-state index is -0.472. The molecule has 0 unspecified atom stereocenters. The molecular formula is C11H17ClN4O2S. The number of carbonyl (C=O) groups is 2. The normalized spacial score (nSPS) is 10.8. The molecule has 106 valence electrons. The van der Waals surface area contributed by atoms with Gasteiger partial charge in [-0.3, -0.25) is 14.5 Å². The lowest BCUT2D eigenvalue weighted by Gasteiger charge is -2.18. The quantitative estimate of drug-likeness (QED) is 0.631. The van der Waals surface area contributed by atoms with Crippen LogP contribution in [0.5, 0.6) is 0 Å². The molecule has 4 N–H and O–H groups in total. The molecule has 0 saturated heterocycles. The van der Waals surface area contributed by atoms with Gasteiger partial charge in [0.05, 0.1) is 29.7 Å². The minimum Gasteiger partial charge on any atom is -0.369 e. The first kappa shape index (κ1) is 15.9. The predicted molar refractivity (Wildman–Crippen MR) is 74.8 cm³/mol. The smallest absolute Gasteiger partial charge is 0.231 e. The Morgan fingerprint density at radius 3 is 2.42 bits per heavy atom. The maximum Gasteiger partial charge on any atom is 0.231 e. The number of aromatic nitrogens is 1. The maximum absolute atomic E-state index is 10.9. The Labute approximate surface area is 120 Å². The number of halogens is 1. The highest BCUT2D eigenvalue weighted by Gasteiger charge is 2.11. The highest BCUT2D eigenvalue weighted by molar-refractivity contribution is 7.09. The van der Waals surface area contributed by atoms with Crippen molar-refractivity contribution in [3.63, 3.8) is 0 Å². The number of primary amides is 2. The molecule has 19 heavy (non-hydrogen) atoms. The summed E-state index contributed by atoms with van der Waals surface area (Å²) in [5, 5.41) is 2.92.